The first kappa shape index (κ1) is 48.3. The van der Waals surface area contributed by atoms with E-state index in [1.165, 1.54) is 16.9 Å². The minimum Gasteiger partial charge on any atom is -0.493 e. The number of aryl methyl sites for hydroxylation is 1. The highest BCUT2D eigenvalue weighted by Crippen LogP contribution is 2.39. The van der Waals surface area contributed by atoms with Gasteiger partial charge >= 0.3 is 5.97 Å². The molecule has 3 saturated heterocycles. The van der Waals surface area contributed by atoms with Gasteiger partial charge in [-0.3, -0.25) is 29.7 Å². The number of rotatable bonds is 14. The Labute approximate surface area is 428 Å². The Morgan fingerprint density at radius 1 is 0.822 bits per heavy atom. The van der Waals surface area contributed by atoms with Crippen LogP contribution in [0.1, 0.15) is 106 Å². The standard InChI is InChI=1S/C57H61N9O6S/c1-35-39(41-16-18-49(59-52(41)56(70)71)66-30-24-37-8-5-11-42(45(37)34-66)54(68)61-57-58-46-13-3-4-15-48(46)73-57)9-7-14-47(35)72-33-25-36-20-26-64(27-21-36)31-32-65-28-22-38(23-29-65)40-10-6-12-43-51(62-63(2)53(40)43)44-17-19-50(67)60-55(44)69/h3-16,18,36,38,44H,17,19-34H2,1-2H3,(H,70,71)(H,58,61,68)(H,60,67,69). The third-order valence-electron chi connectivity index (χ3n) is 15.8. The fraction of sp³-hybridized carbons (Fsp3) is 0.386. The number of hydrogen-bond donors (Lipinski definition) is 3. The number of carboxylic acids is 1. The maximum absolute atomic E-state index is 13.7. The number of amides is 3. The number of fused-ring (bicyclic) bond motifs is 3. The van der Waals surface area contributed by atoms with Crippen LogP contribution < -0.4 is 20.3 Å². The monoisotopic (exact) mass is 999 g/mol. The summed E-state index contributed by atoms with van der Waals surface area (Å²) in [7, 11) is 1.97. The number of benzene rings is 4. The van der Waals surface area contributed by atoms with E-state index >= 15 is 0 Å². The van der Waals surface area contributed by atoms with Crippen LogP contribution in [-0.4, -0.2) is 111 Å². The molecule has 3 N–H and O–H groups in total. The van der Waals surface area contributed by atoms with Crippen LogP contribution in [0.3, 0.4) is 0 Å². The summed E-state index contributed by atoms with van der Waals surface area (Å²) in [4.78, 5) is 67.7. The second-order valence-corrected chi connectivity index (χ2v) is 21.2. The van der Waals surface area contributed by atoms with Crippen molar-refractivity contribution in [1.29, 1.82) is 0 Å². The third-order valence-corrected chi connectivity index (χ3v) is 16.7. The first-order valence-corrected chi connectivity index (χ1v) is 26.6. The van der Waals surface area contributed by atoms with Gasteiger partial charge in [-0.15, -0.1) is 0 Å². The van der Waals surface area contributed by atoms with Crippen LogP contribution in [0.2, 0.25) is 0 Å². The maximum atomic E-state index is 13.7. The number of nitrogens with one attached hydrogen (secondary N) is 2. The predicted octanol–water partition coefficient (Wildman–Crippen LogP) is 8.95. The second-order valence-electron chi connectivity index (χ2n) is 20.1. The second kappa shape index (κ2) is 20.8. The molecule has 4 aliphatic rings. The van der Waals surface area contributed by atoms with E-state index in [2.05, 4.69) is 43.6 Å². The minimum absolute atomic E-state index is 0.0243. The molecule has 4 aliphatic heterocycles. The topological polar surface area (TPSA) is 175 Å². The molecule has 0 radical (unpaired) electrons. The van der Waals surface area contributed by atoms with Gasteiger partial charge in [0.15, 0.2) is 10.8 Å². The fourth-order valence-electron chi connectivity index (χ4n) is 11.7. The molecule has 376 valence electrons. The zero-order valence-electron chi connectivity index (χ0n) is 41.4. The lowest BCUT2D eigenvalue weighted by Gasteiger charge is -2.36. The number of aromatic nitrogens is 4. The van der Waals surface area contributed by atoms with Gasteiger partial charge in [0.05, 0.1) is 34.0 Å². The van der Waals surface area contributed by atoms with E-state index in [1.54, 1.807) is 0 Å². The molecule has 0 saturated carbocycles. The molecule has 0 aliphatic carbocycles. The Morgan fingerprint density at radius 3 is 2.37 bits per heavy atom. The minimum atomic E-state index is -1.11. The number of piperidine rings is 3. The van der Waals surface area contributed by atoms with Crippen molar-refractivity contribution in [1.82, 2.24) is 34.9 Å². The summed E-state index contributed by atoms with van der Waals surface area (Å²) in [5.74, 6) is 0.119. The Balaban J connectivity index is 0.655. The molecule has 11 rings (SSSR count). The largest absolute Gasteiger partial charge is 0.493 e. The lowest BCUT2D eigenvalue weighted by molar-refractivity contribution is -0.134. The van der Waals surface area contributed by atoms with Gasteiger partial charge in [-0.1, -0.05) is 65.9 Å². The number of likely N-dealkylation sites (tertiary alicyclic amines) is 2. The number of anilines is 2. The van der Waals surface area contributed by atoms with E-state index in [9.17, 15) is 24.3 Å². The Bertz CT molecular complexity index is 3210. The van der Waals surface area contributed by atoms with E-state index in [1.807, 2.05) is 96.3 Å². The van der Waals surface area contributed by atoms with Gasteiger partial charge in [-0.2, -0.15) is 5.10 Å². The number of carbonyl (C=O) groups excluding carboxylic acids is 3. The summed E-state index contributed by atoms with van der Waals surface area (Å²) in [6, 6.07) is 29.5. The van der Waals surface area contributed by atoms with Gasteiger partial charge in [0.1, 0.15) is 11.6 Å². The number of hydrogen-bond acceptors (Lipinski definition) is 12. The molecule has 15 nitrogen and oxygen atoms in total. The highest BCUT2D eigenvalue weighted by Gasteiger charge is 2.33. The van der Waals surface area contributed by atoms with Gasteiger partial charge in [-0.05, 0) is 154 Å². The van der Waals surface area contributed by atoms with E-state index < -0.39 is 11.9 Å². The number of ether oxygens (including phenoxy) is 1. The van der Waals surface area contributed by atoms with Crippen LogP contribution in [-0.2, 0) is 29.6 Å². The first-order chi connectivity index (χ1) is 35.5. The summed E-state index contributed by atoms with van der Waals surface area (Å²) >= 11 is 1.44. The number of nitrogens with zero attached hydrogens (tertiary/aromatic N) is 7. The van der Waals surface area contributed by atoms with Crippen molar-refractivity contribution >= 4 is 67.1 Å². The zero-order valence-corrected chi connectivity index (χ0v) is 42.3. The Hall–Kier alpha value is -7.01. The van der Waals surface area contributed by atoms with Crippen molar-refractivity contribution in [2.24, 2.45) is 13.0 Å². The van der Waals surface area contributed by atoms with Gasteiger partial charge < -0.3 is 24.5 Å². The van der Waals surface area contributed by atoms with Crippen molar-refractivity contribution in [3.8, 4) is 16.9 Å². The van der Waals surface area contributed by atoms with Crippen LogP contribution >= 0.6 is 11.3 Å². The maximum Gasteiger partial charge on any atom is 0.355 e. The molecule has 4 aromatic carbocycles. The van der Waals surface area contributed by atoms with E-state index in [4.69, 9.17) is 14.8 Å². The molecule has 0 bridgehead atoms. The smallest absolute Gasteiger partial charge is 0.355 e. The lowest BCUT2D eigenvalue weighted by atomic mass is 9.86. The molecule has 7 heterocycles. The number of aromatic carboxylic acids is 1. The van der Waals surface area contributed by atoms with Crippen LogP contribution in [0.5, 0.6) is 5.75 Å². The number of carboxylic acid groups (broad SMARTS) is 1. The van der Waals surface area contributed by atoms with E-state index in [0.717, 1.165) is 126 Å². The summed E-state index contributed by atoms with van der Waals surface area (Å²) < 4.78 is 9.37. The fourth-order valence-corrected chi connectivity index (χ4v) is 12.5. The molecule has 1 unspecified atom stereocenters. The van der Waals surface area contributed by atoms with Crippen LogP contribution in [0.25, 0.3) is 32.2 Å². The average molecular weight is 1000 g/mol. The van der Waals surface area contributed by atoms with Crippen molar-refractivity contribution in [3.63, 3.8) is 0 Å². The average Bonchev–Trinajstić information content (AvgIpc) is 3.98. The molecule has 7 aromatic rings. The molecule has 1 atom stereocenters. The normalized spacial score (nSPS) is 18.3. The van der Waals surface area contributed by atoms with Crippen molar-refractivity contribution in [2.75, 3.05) is 62.6 Å². The quantitative estimate of drug-likeness (QED) is 0.0884. The van der Waals surface area contributed by atoms with E-state index in [0.29, 0.717) is 72.9 Å². The van der Waals surface area contributed by atoms with Crippen molar-refractivity contribution in [3.05, 3.63) is 130 Å². The number of pyridine rings is 1. The predicted molar refractivity (Wildman–Crippen MR) is 284 cm³/mol. The van der Waals surface area contributed by atoms with E-state index in [-0.39, 0.29) is 23.4 Å². The summed E-state index contributed by atoms with van der Waals surface area (Å²) in [5.41, 5.74) is 8.73. The highest BCUT2D eigenvalue weighted by molar-refractivity contribution is 7.22. The summed E-state index contributed by atoms with van der Waals surface area (Å²) in [5, 5.41) is 22.4. The number of imide groups is 1. The molecule has 3 fully saturated rings. The number of para-hydroxylation sites is 2. The van der Waals surface area contributed by atoms with Gasteiger partial charge in [0.2, 0.25) is 11.8 Å². The van der Waals surface area contributed by atoms with Crippen LogP contribution in [0.15, 0.2) is 91.0 Å². The lowest BCUT2D eigenvalue weighted by Crippen LogP contribution is -2.42. The van der Waals surface area contributed by atoms with Crippen LogP contribution in [0, 0.1) is 12.8 Å². The number of carbonyl (C=O) groups is 4. The number of thiazole rings is 1. The Morgan fingerprint density at radius 2 is 1.59 bits per heavy atom. The molecule has 0 spiro atoms. The van der Waals surface area contributed by atoms with Gasteiger partial charge in [-0.25, -0.2) is 14.8 Å². The third kappa shape index (κ3) is 10.1. The highest BCUT2D eigenvalue weighted by atomic mass is 32.1. The van der Waals surface area contributed by atoms with Crippen molar-refractivity contribution < 1.29 is 29.0 Å². The molecule has 3 amide bonds. The SMILES string of the molecule is Cc1c(OCCC2CCN(CCN3CCC(c4cccc5c(C6CCC(=O)NC6=O)nn(C)c45)CC3)CC2)cccc1-c1ccc(N2CCc3cccc(C(=O)Nc4nc5ccccc5s4)c3C2)nc1C(=O)O. The first-order valence-electron chi connectivity index (χ1n) is 25.8. The molecule has 3 aromatic heterocycles. The summed E-state index contributed by atoms with van der Waals surface area (Å²) in [6.07, 6.45) is 6.93. The van der Waals surface area contributed by atoms with Crippen LogP contribution in [0.4, 0.5) is 10.9 Å². The molecular weight excluding hydrogens is 939 g/mol. The van der Waals surface area contributed by atoms with Crippen molar-refractivity contribution in [2.45, 2.75) is 76.7 Å². The Kier molecular flexibility index (Phi) is 13.8. The van der Waals surface area contributed by atoms with Gasteiger partial charge in [0.25, 0.3) is 5.91 Å². The molecule has 73 heavy (non-hydrogen) atoms. The summed E-state index contributed by atoms with van der Waals surface area (Å²) in [6.45, 7) is 10.0. The van der Waals surface area contributed by atoms with Gasteiger partial charge in [0, 0.05) is 56.2 Å². The molecule has 16 heteroatoms. The zero-order chi connectivity index (χ0) is 50.2. The molecular formula is C57H61N9O6S.